The Morgan fingerprint density at radius 3 is 2.88 bits per heavy atom. The molecule has 0 saturated carbocycles. The summed E-state index contributed by atoms with van der Waals surface area (Å²) >= 11 is 0. The summed E-state index contributed by atoms with van der Waals surface area (Å²) in [6.45, 7) is 3.73. The second kappa shape index (κ2) is 6.81. The van der Waals surface area contributed by atoms with E-state index in [0.29, 0.717) is 6.54 Å². The number of rotatable bonds is 5. The summed E-state index contributed by atoms with van der Waals surface area (Å²) < 4.78 is 1.88. The standard InChI is InChI=1S/C10H20N6/c1-4-5-6-12-10(11-2)13-7-9-15-14-8-16(9)3/h8H,4-7H2,1-3H3,(H2,11,12,13). The molecule has 0 saturated heterocycles. The molecule has 90 valence electrons. The van der Waals surface area contributed by atoms with E-state index in [1.807, 2.05) is 11.6 Å². The van der Waals surface area contributed by atoms with Gasteiger partial charge in [0.1, 0.15) is 6.33 Å². The molecule has 0 radical (unpaired) electrons. The van der Waals surface area contributed by atoms with Gasteiger partial charge in [-0.25, -0.2) is 0 Å². The van der Waals surface area contributed by atoms with E-state index >= 15 is 0 Å². The van der Waals surface area contributed by atoms with E-state index in [0.717, 1.165) is 24.7 Å². The van der Waals surface area contributed by atoms with Crippen LogP contribution in [-0.4, -0.2) is 34.3 Å². The van der Waals surface area contributed by atoms with Gasteiger partial charge in [0, 0.05) is 20.6 Å². The molecule has 1 rings (SSSR count). The van der Waals surface area contributed by atoms with E-state index in [-0.39, 0.29) is 0 Å². The van der Waals surface area contributed by atoms with Crippen LogP contribution < -0.4 is 10.6 Å². The normalized spacial score (nSPS) is 11.6. The molecule has 0 aliphatic heterocycles. The number of aliphatic imine (C=N–C) groups is 1. The number of hydrogen-bond acceptors (Lipinski definition) is 3. The minimum Gasteiger partial charge on any atom is -0.356 e. The first-order chi connectivity index (χ1) is 7.77. The molecule has 0 unspecified atom stereocenters. The molecule has 6 nitrogen and oxygen atoms in total. The number of nitrogens with one attached hydrogen (secondary N) is 2. The second-order valence-electron chi connectivity index (χ2n) is 3.56. The molecule has 16 heavy (non-hydrogen) atoms. The lowest BCUT2D eigenvalue weighted by molar-refractivity contribution is 0.703. The van der Waals surface area contributed by atoms with Crippen LogP contribution in [0.3, 0.4) is 0 Å². The maximum absolute atomic E-state index is 4.13. The smallest absolute Gasteiger partial charge is 0.191 e. The Labute approximate surface area is 96.2 Å². The first-order valence-corrected chi connectivity index (χ1v) is 5.55. The lowest BCUT2D eigenvalue weighted by Gasteiger charge is -2.10. The Bertz CT molecular complexity index is 330. The first kappa shape index (κ1) is 12.5. The molecule has 1 aromatic rings. The third-order valence-electron chi connectivity index (χ3n) is 2.27. The van der Waals surface area contributed by atoms with E-state index in [1.165, 1.54) is 6.42 Å². The number of nitrogens with zero attached hydrogens (tertiary/aromatic N) is 4. The van der Waals surface area contributed by atoms with Crippen LogP contribution in [0.5, 0.6) is 0 Å². The van der Waals surface area contributed by atoms with E-state index in [1.54, 1.807) is 13.4 Å². The summed E-state index contributed by atoms with van der Waals surface area (Å²) in [6.07, 6.45) is 4.00. The monoisotopic (exact) mass is 224 g/mol. The SMILES string of the molecule is CCCCNC(=NC)NCc1nncn1C. The molecule has 1 aromatic heterocycles. The van der Waals surface area contributed by atoms with E-state index in [4.69, 9.17) is 0 Å². The summed E-state index contributed by atoms with van der Waals surface area (Å²) in [4.78, 5) is 4.13. The van der Waals surface area contributed by atoms with Crippen LogP contribution in [0, 0.1) is 0 Å². The molecule has 0 fully saturated rings. The van der Waals surface area contributed by atoms with Gasteiger partial charge in [-0.3, -0.25) is 4.99 Å². The van der Waals surface area contributed by atoms with Crippen molar-refractivity contribution in [1.82, 2.24) is 25.4 Å². The number of aromatic nitrogens is 3. The zero-order chi connectivity index (χ0) is 11.8. The molecule has 6 heteroatoms. The van der Waals surface area contributed by atoms with Crippen molar-refractivity contribution in [3.8, 4) is 0 Å². The van der Waals surface area contributed by atoms with Crippen molar-refractivity contribution in [3.05, 3.63) is 12.2 Å². The molecule has 1 heterocycles. The summed E-state index contributed by atoms with van der Waals surface area (Å²) in [5.74, 6) is 1.69. The van der Waals surface area contributed by atoms with Gasteiger partial charge in [-0.2, -0.15) is 0 Å². The zero-order valence-electron chi connectivity index (χ0n) is 10.2. The summed E-state index contributed by atoms with van der Waals surface area (Å²) in [5.41, 5.74) is 0. The van der Waals surface area contributed by atoms with Crippen molar-refractivity contribution in [2.45, 2.75) is 26.3 Å². The minimum absolute atomic E-state index is 0.627. The summed E-state index contributed by atoms with van der Waals surface area (Å²) in [6, 6.07) is 0. The maximum Gasteiger partial charge on any atom is 0.191 e. The van der Waals surface area contributed by atoms with Gasteiger partial charge in [-0.15, -0.1) is 10.2 Å². The lowest BCUT2D eigenvalue weighted by atomic mass is 10.3. The van der Waals surface area contributed by atoms with Gasteiger partial charge in [0.05, 0.1) is 6.54 Å². The van der Waals surface area contributed by atoms with Gasteiger partial charge in [0.15, 0.2) is 11.8 Å². The predicted octanol–water partition coefficient (Wildman–Crippen LogP) is 0.280. The van der Waals surface area contributed by atoms with Crippen LogP contribution in [0.2, 0.25) is 0 Å². The molecule has 0 atom stereocenters. The molecule has 0 spiro atoms. The molecule has 0 aromatic carbocycles. The first-order valence-electron chi connectivity index (χ1n) is 5.55. The molecule has 0 amide bonds. The van der Waals surface area contributed by atoms with Crippen molar-refractivity contribution in [1.29, 1.82) is 0 Å². The molecular formula is C10H20N6. The summed E-state index contributed by atoms with van der Waals surface area (Å²) in [5, 5.41) is 14.2. The van der Waals surface area contributed by atoms with Gasteiger partial charge in [-0.05, 0) is 6.42 Å². The highest BCUT2D eigenvalue weighted by Gasteiger charge is 2.01. The lowest BCUT2D eigenvalue weighted by Crippen LogP contribution is -2.37. The van der Waals surface area contributed by atoms with Crippen LogP contribution in [-0.2, 0) is 13.6 Å². The van der Waals surface area contributed by atoms with E-state index in [9.17, 15) is 0 Å². The fourth-order valence-corrected chi connectivity index (χ4v) is 1.23. The molecule has 2 N–H and O–H groups in total. The van der Waals surface area contributed by atoms with Crippen molar-refractivity contribution in [2.75, 3.05) is 13.6 Å². The zero-order valence-corrected chi connectivity index (χ0v) is 10.2. The van der Waals surface area contributed by atoms with Crippen LogP contribution in [0.25, 0.3) is 0 Å². The highest BCUT2D eigenvalue weighted by Crippen LogP contribution is 1.90. The summed E-state index contributed by atoms with van der Waals surface area (Å²) in [7, 11) is 3.68. The Morgan fingerprint density at radius 1 is 1.50 bits per heavy atom. The Kier molecular flexibility index (Phi) is 5.31. The van der Waals surface area contributed by atoms with Crippen LogP contribution in [0.1, 0.15) is 25.6 Å². The highest BCUT2D eigenvalue weighted by molar-refractivity contribution is 5.79. The highest BCUT2D eigenvalue weighted by atomic mass is 15.3. The molecule has 0 aliphatic carbocycles. The Morgan fingerprint density at radius 2 is 2.31 bits per heavy atom. The molecule has 0 aliphatic rings. The quantitative estimate of drug-likeness (QED) is 0.428. The van der Waals surface area contributed by atoms with Crippen LogP contribution in [0.15, 0.2) is 11.3 Å². The third-order valence-corrected chi connectivity index (χ3v) is 2.27. The number of guanidine groups is 1. The van der Waals surface area contributed by atoms with Crippen molar-refractivity contribution in [2.24, 2.45) is 12.0 Å². The topological polar surface area (TPSA) is 67.1 Å². The maximum atomic E-state index is 4.13. The Balaban J connectivity index is 2.32. The van der Waals surface area contributed by atoms with E-state index in [2.05, 4.69) is 32.7 Å². The predicted molar refractivity (Wildman–Crippen MR) is 64.1 cm³/mol. The second-order valence-corrected chi connectivity index (χ2v) is 3.56. The van der Waals surface area contributed by atoms with Crippen LogP contribution >= 0.6 is 0 Å². The number of hydrogen-bond donors (Lipinski definition) is 2. The van der Waals surface area contributed by atoms with Gasteiger partial charge < -0.3 is 15.2 Å². The largest absolute Gasteiger partial charge is 0.356 e. The third kappa shape index (κ3) is 3.88. The van der Waals surface area contributed by atoms with Crippen molar-refractivity contribution < 1.29 is 0 Å². The average Bonchev–Trinajstić information content (AvgIpc) is 2.69. The van der Waals surface area contributed by atoms with Crippen molar-refractivity contribution >= 4 is 5.96 Å². The van der Waals surface area contributed by atoms with Gasteiger partial charge in [0.25, 0.3) is 0 Å². The Hall–Kier alpha value is -1.59. The number of unbranched alkanes of at least 4 members (excludes halogenated alkanes) is 1. The van der Waals surface area contributed by atoms with Crippen molar-refractivity contribution in [3.63, 3.8) is 0 Å². The van der Waals surface area contributed by atoms with Gasteiger partial charge in [-0.1, -0.05) is 13.3 Å². The number of aryl methyl sites for hydroxylation is 1. The van der Waals surface area contributed by atoms with Gasteiger partial charge in [0.2, 0.25) is 0 Å². The fourth-order valence-electron chi connectivity index (χ4n) is 1.23. The fraction of sp³-hybridized carbons (Fsp3) is 0.700. The molecule has 0 bridgehead atoms. The van der Waals surface area contributed by atoms with Gasteiger partial charge >= 0.3 is 0 Å². The van der Waals surface area contributed by atoms with E-state index < -0.39 is 0 Å². The molecular weight excluding hydrogens is 204 g/mol. The minimum atomic E-state index is 0.627. The van der Waals surface area contributed by atoms with Crippen LogP contribution in [0.4, 0.5) is 0 Å². The average molecular weight is 224 g/mol.